The molecule has 0 saturated heterocycles. The lowest BCUT2D eigenvalue weighted by atomic mass is 10.2. The second-order valence-corrected chi connectivity index (χ2v) is 3.51. The zero-order chi connectivity index (χ0) is 16.9. The van der Waals surface area contributed by atoms with Crippen molar-refractivity contribution in [1.29, 1.82) is 0 Å². The zero-order valence-electron chi connectivity index (χ0n) is 10.5. The predicted molar refractivity (Wildman–Crippen MR) is 68.2 cm³/mol. The summed E-state index contributed by atoms with van der Waals surface area (Å²) in [5, 5.41) is 47.0. The van der Waals surface area contributed by atoms with Gasteiger partial charge in [0.1, 0.15) is 12.7 Å². The highest BCUT2D eigenvalue weighted by Crippen LogP contribution is 2.38. The molecule has 0 atom stereocenters. The third-order valence-electron chi connectivity index (χ3n) is 2.10. The van der Waals surface area contributed by atoms with Gasteiger partial charge in [0.05, 0.1) is 26.9 Å². The number of nitrogen functional groups attached to an aromatic ring is 1. The van der Waals surface area contributed by atoms with E-state index in [0.717, 1.165) is 0 Å². The fourth-order valence-electron chi connectivity index (χ4n) is 1.18. The number of phenols is 1. The van der Waals surface area contributed by atoms with Gasteiger partial charge in [0.15, 0.2) is 0 Å². The summed E-state index contributed by atoms with van der Waals surface area (Å²) in [6.07, 6.45) is 2.83. The van der Waals surface area contributed by atoms with Gasteiger partial charge in [0.25, 0.3) is 11.4 Å². The summed E-state index contributed by atoms with van der Waals surface area (Å²) in [7, 11) is 0. The smallest absolute Gasteiger partial charge is 0.324 e. The van der Waals surface area contributed by atoms with E-state index in [1.165, 1.54) is 17.3 Å². The third kappa shape index (κ3) is 3.83. The number of benzene rings is 1. The summed E-state index contributed by atoms with van der Waals surface area (Å²) >= 11 is 0. The number of rotatable bonds is 3. The van der Waals surface area contributed by atoms with E-state index < -0.39 is 37.6 Å². The molecule has 1 aromatic heterocycles. The highest BCUT2D eigenvalue weighted by atomic mass is 16.6. The topological polar surface area (TPSA) is 206 Å². The molecular formula is C8H7N7O7. The van der Waals surface area contributed by atoms with Crippen LogP contribution in [-0.2, 0) is 0 Å². The Labute approximate surface area is 119 Å². The second-order valence-electron chi connectivity index (χ2n) is 3.51. The minimum Gasteiger partial charge on any atom is -0.497 e. The van der Waals surface area contributed by atoms with E-state index >= 15 is 0 Å². The van der Waals surface area contributed by atoms with Gasteiger partial charge in [-0.2, -0.15) is 0 Å². The van der Waals surface area contributed by atoms with E-state index in [1.807, 2.05) is 0 Å². The fourth-order valence-corrected chi connectivity index (χ4v) is 1.18. The van der Waals surface area contributed by atoms with Crippen molar-refractivity contribution in [3.8, 4) is 5.75 Å². The molecule has 0 aliphatic heterocycles. The molecule has 0 aliphatic carbocycles. The van der Waals surface area contributed by atoms with Gasteiger partial charge in [-0.25, -0.2) is 4.68 Å². The Balaban J connectivity index is 0.000000335. The first-order valence-electron chi connectivity index (χ1n) is 5.14. The number of nitrogens with zero attached hydrogens (tertiary/aromatic N) is 6. The monoisotopic (exact) mass is 313 g/mol. The van der Waals surface area contributed by atoms with Crippen LogP contribution in [0.3, 0.4) is 0 Å². The molecule has 2 rings (SSSR count). The molecule has 2 aromatic rings. The van der Waals surface area contributed by atoms with Gasteiger partial charge in [0, 0.05) is 0 Å². The van der Waals surface area contributed by atoms with Crippen LogP contribution in [-0.4, -0.2) is 34.7 Å². The Morgan fingerprint density at radius 2 is 1.36 bits per heavy atom. The Bertz CT molecular complexity index is 679. The molecule has 0 radical (unpaired) electrons. The highest BCUT2D eigenvalue weighted by molar-refractivity contribution is 5.64. The normalized spacial score (nSPS) is 9.45. The van der Waals surface area contributed by atoms with Crippen molar-refractivity contribution in [2.75, 3.05) is 5.84 Å². The summed E-state index contributed by atoms with van der Waals surface area (Å²) in [5.41, 5.74) is -3.00. The van der Waals surface area contributed by atoms with Gasteiger partial charge in [-0.05, 0) is 0 Å². The van der Waals surface area contributed by atoms with Crippen molar-refractivity contribution in [3.63, 3.8) is 0 Å². The standard InChI is InChI=1S/C6H3N3O7.C2H4N4/c10-6-4(8(13)14)1-3(7(11)12)2-5(6)9(15)16;3-6-1-4-5-2-6/h1-2,10H;1-2H,3H2. The minimum absolute atomic E-state index is 0.447. The molecule has 1 heterocycles. The molecule has 116 valence electrons. The SMILES string of the molecule is Nn1cnnc1.O=[N+]([O-])c1cc([N+](=O)[O-])c(O)c([N+](=O)[O-])c1. The summed E-state index contributed by atoms with van der Waals surface area (Å²) in [6, 6.07) is 0.894. The van der Waals surface area contributed by atoms with E-state index in [1.54, 1.807) is 0 Å². The van der Waals surface area contributed by atoms with Crippen LogP contribution in [0.2, 0.25) is 0 Å². The number of hydrogen-bond donors (Lipinski definition) is 2. The van der Waals surface area contributed by atoms with Gasteiger partial charge in [-0.15, -0.1) is 10.2 Å². The first-order chi connectivity index (χ1) is 10.2. The molecular weight excluding hydrogens is 306 g/mol. The molecule has 22 heavy (non-hydrogen) atoms. The Morgan fingerprint density at radius 1 is 0.955 bits per heavy atom. The number of nitrogens with two attached hydrogens (primary N) is 1. The fraction of sp³-hybridized carbons (Fsp3) is 0. The molecule has 0 amide bonds. The van der Waals surface area contributed by atoms with Gasteiger partial charge >= 0.3 is 11.4 Å². The maximum atomic E-state index is 10.4. The Hall–Kier alpha value is -3.84. The Morgan fingerprint density at radius 3 is 1.59 bits per heavy atom. The molecule has 0 aliphatic rings. The van der Waals surface area contributed by atoms with Crippen LogP contribution in [0.1, 0.15) is 0 Å². The highest BCUT2D eigenvalue weighted by Gasteiger charge is 2.30. The maximum absolute atomic E-state index is 10.4. The lowest BCUT2D eigenvalue weighted by molar-refractivity contribution is -0.404. The van der Waals surface area contributed by atoms with Crippen LogP contribution < -0.4 is 5.84 Å². The van der Waals surface area contributed by atoms with Crippen LogP contribution in [0.5, 0.6) is 5.75 Å². The minimum atomic E-state index is -1.21. The molecule has 0 fully saturated rings. The number of nitro groups is 3. The molecule has 0 saturated carbocycles. The molecule has 0 unspecified atom stereocenters. The van der Waals surface area contributed by atoms with Crippen LogP contribution in [0.15, 0.2) is 24.8 Å². The summed E-state index contributed by atoms with van der Waals surface area (Å²) in [4.78, 5) is 27.8. The van der Waals surface area contributed by atoms with E-state index in [-0.39, 0.29) is 0 Å². The average molecular weight is 313 g/mol. The van der Waals surface area contributed by atoms with Gasteiger partial charge in [-0.3, -0.25) is 30.3 Å². The van der Waals surface area contributed by atoms with Crippen LogP contribution >= 0.6 is 0 Å². The number of aromatic nitrogens is 3. The van der Waals surface area contributed by atoms with Crippen molar-refractivity contribution in [3.05, 3.63) is 55.1 Å². The molecule has 0 spiro atoms. The number of aromatic hydroxyl groups is 1. The van der Waals surface area contributed by atoms with E-state index in [2.05, 4.69) is 10.2 Å². The Kier molecular flexibility index (Phi) is 4.83. The van der Waals surface area contributed by atoms with Crippen molar-refractivity contribution >= 4 is 17.1 Å². The maximum Gasteiger partial charge on any atom is 0.324 e. The number of phenolic OH excluding ortho intramolecular Hbond substituents is 1. The third-order valence-corrected chi connectivity index (χ3v) is 2.10. The van der Waals surface area contributed by atoms with Crippen LogP contribution in [0.4, 0.5) is 17.1 Å². The van der Waals surface area contributed by atoms with Crippen molar-refractivity contribution in [2.45, 2.75) is 0 Å². The number of nitro benzene ring substituents is 3. The van der Waals surface area contributed by atoms with Gasteiger partial charge in [0.2, 0.25) is 0 Å². The van der Waals surface area contributed by atoms with Crippen molar-refractivity contribution in [2.24, 2.45) is 0 Å². The summed E-state index contributed by atoms with van der Waals surface area (Å²) in [6.45, 7) is 0. The second kappa shape index (κ2) is 6.55. The van der Waals surface area contributed by atoms with E-state index in [0.29, 0.717) is 12.1 Å². The first kappa shape index (κ1) is 16.2. The lowest BCUT2D eigenvalue weighted by Crippen LogP contribution is -2.02. The largest absolute Gasteiger partial charge is 0.497 e. The summed E-state index contributed by atoms with van der Waals surface area (Å²) < 4.78 is 1.28. The molecule has 3 N–H and O–H groups in total. The zero-order valence-corrected chi connectivity index (χ0v) is 10.5. The molecule has 14 heteroatoms. The van der Waals surface area contributed by atoms with Gasteiger partial charge < -0.3 is 10.9 Å². The van der Waals surface area contributed by atoms with E-state index in [9.17, 15) is 30.3 Å². The molecule has 14 nitrogen and oxygen atoms in total. The lowest BCUT2D eigenvalue weighted by Gasteiger charge is -1.97. The molecule has 0 bridgehead atoms. The number of hydrogen-bond acceptors (Lipinski definition) is 10. The van der Waals surface area contributed by atoms with Crippen LogP contribution in [0, 0.1) is 30.3 Å². The van der Waals surface area contributed by atoms with Crippen molar-refractivity contribution < 1.29 is 19.9 Å². The number of non-ortho nitro benzene ring substituents is 1. The summed E-state index contributed by atoms with van der Waals surface area (Å²) in [5.74, 6) is 3.86. The molecule has 1 aromatic carbocycles. The van der Waals surface area contributed by atoms with Crippen molar-refractivity contribution in [1.82, 2.24) is 14.9 Å². The average Bonchev–Trinajstić information content (AvgIpc) is 2.89. The van der Waals surface area contributed by atoms with Crippen LogP contribution in [0.25, 0.3) is 0 Å². The van der Waals surface area contributed by atoms with E-state index in [4.69, 9.17) is 10.9 Å². The predicted octanol–water partition coefficient (Wildman–Crippen LogP) is 0.109. The first-order valence-corrected chi connectivity index (χ1v) is 5.14. The quantitative estimate of drug-likeness (QED) is 0.443. The van der Waals surface area contributed by atoms with Gasteiger partial charge in [-0.1, -0.05) is 0 Å².